The van der Waals surface area contributed by atoms with Gasteiger partial charge in [0.15, 0.2) is 11.5 Å². The second-order valence-electron chi connectivity index (χ2n) is 5.57. The standard InChI is InChI=1S/C19H17ClN2O4S/c1-25-15-7-6-12(8-16(15)26-2)9-17-18(23)22(19(24)27-17)11-21-14-5-3-4-13(20)10-14/h3-10,21H,11H2,1-2H3. The van der Waals surface area contributed by atoms with Crippen LogP contribution in [0.15, 0.2) is 47.4 Å². The number of methoxy groups -OCH3 is 2. The van der Waals surface area contributed by atoms with Crippen LogP contribution in [0, 0.1) is 0 Å². The summed E-state index contributed by atoms with van der Waals surface area (Å²) in [6.07, 6.45) is 1.66. The maximum absolute atomic E-state index is 12.6. The topological polar surface area (TPSA) is 67.9 Å². The van der Waals surface area contributed by atoms with Gasteiger partial charge in [0.1, 0.15) is 0 Å². The number of hydrogen-bond acceptors (Lipinski definition) is 6. The van der Waals surface area contributed by atoms with Crippen LogP contribution in [0.3, 0.4) is 0 Å². The molecule has 2 amide bonds. The van der Waals surface area contributed by atoms with Crippen LogP contribution in [0.25, 0.3) is 6.08 Å². The minimum absolute atomic E-state index is 0.0638. The van der Waals surface area contributed by atoms with Gasteiger partial charge in [0.05, 0.1) is 25.8 Å². The van der Waals surface area contributed by atoms with E-state index in [0.717, 1.165) is 27.9 Å². The fourth-order valence-corrected chi connectivity index (χ4v) is 3.53. The van der Waals surface area contributed by atoms with Crippen molar-refractivity contribution in [3.8, 4) is 11.5 Å². The van der Waals surface area contributed by atoms with Crippen molar-refractivity contribution in [1.82, 2.24) is 4.90 Å². The van der Waals surface area contributed by atoms with Crippen LogP contribution in [0.5, 0.6) is 11.5 Å². The van der Waals surface area contributed by atoms with Crippen LogP contribution in [-0.4, -0.2) is 36.9 Å². The Morgan fingerprint density at radius 2 is 1.89 bits per heavy atom. The fourth-order valence-electron chi connectivity index (χ4n) is 2.50. The van der Waals surface area contributed by atoms with Gasteiger partial charge in [0.25, 0.3) is 11.1 Å². The highest BCUT2D eigenvalue weighted by Crippen LogP contribution is 2.34. The summed E-state index contributed by atoms with van der Waals surface area (Å²) in [4.78, 5) is 26.3. The predicted octanol–water partition coefficient (Wildman–Crippen LogP) is 4.46. The van der Waals surface area contributed by atoms with Gasteiger partial charge < -0.3 is 14.8 Å². The molecule has 1 saturated heterocycles. The number of rotatable bonds is 6. The molecule has 0 aromatic heterocycles. The van der Waals surface area contributed by atoms with Gasteiger partial charge in [-0.05, 0) is 53.7 Å². The lowest BCUT2D eigenvalue weighted by atomic mass is 10.2. The number of benzene rings is 2. The number of anilines is 1. The Kier molecular flexibility index (Phi) is 5.93. The van der Waals surface area contributed by atoms with Crippen LogP contribution in [0.2, 0.25) is 5.02 Å². The lowest BCUT2D eigenvalue weighted by Crippen LogP contribution is -2.33. The SMILES string of the molecule is COc1ccc(C=C2SC(=O)N(CNc3cccc(Cl)c3)C2=O)cc1OC. The van der Waals surface area contributed by atoms with E-state index in [1.165, 1.54) is 7.11 Å². The molecule has 0 saturated carbocycles. The molecule has 140 valence electrons. The zero-order valence-corrected chi connectivity index (χ0v) is 16.3. The molecule has 1 aliphatic heterocycles. The lowest BCUT2D eigenvalue weighted by molar-refractivity contribution is -0.122. The number of thioether (sulfide) groups is 1. The summed E-state index contributed by atoms with van der Waals surface area (Å²) < 4.78 is 10.5. The lowest BCUT2D eigenvalue weighted by Gasteiger charge is -2.14. The molecule has 0 radical (unpaired) electrons. The van der Waals surface area contributed by atoms with Gasteiger partial charge in [0, 0.05) is 10.7 Å². The van der Waals surface area contributed by atoms with Crippen LogP contribution < -0.4 is 14.8 Å². The van der Waals surface area contributed by atoms with Crippen LogP contribution in [0.1, 0.15) is 5.56 Å². The number of amides is 2. The summed E-state index contributed by atoms with van der Waals surface area (Å²) in [5.74, 6) is 0.788. The molecule has 0 aliphatic carbocycles. The van der Waals surface area contributed by atoms with E-state index >= 15 is 0 Å². The number of nitrogens with one attached hydrogen (secondary N) is 1. The largest absolute Gasteiger partial charge is 0.493 e. The molecule has 1 heterocycles. The third-order valence-electron chi connectivity index (χ3n) is 3.84. The highest BCUT2D eigenvalue weighted by Gasteiger charge is 2.34. The number of halogens is 1. The van der Waals surface area contributed by atoms with E-state index in [9.17, 15) is 9.59 Å². The molecule has 0 spiro atoms. The van der Waals surface area contributed by atoms with Crippen molar-refractivity contribution in [3.63, 3.8) is 0 Å². The minimum Gasteiger partial charge on any atom is -0.493 e. The number of imide groups is 1. The summed E-state index contributed by atoms with van der Waals surface area (Å²) >= 11 is 6.84. The maximum atomic E-state index is 12.6. The van der Waals surface area contributed by atoms with Crippen LogP contribution >= 0.6 is 23.4 Å². The van der Waals surface area contributed by atoms with Gasteiger partial charge in [-0.3, -0.25) is 14.5 Å². The molecule has 3 rings (SSSR count). The first-order chi connectivity index (χ1) is 13.0. The van der Waals surface area contributed by atoms with E-state index in [1.807, 2.05) is 6.07 Å². The molecule has 1 aliphatic rings. The molecule has 2 aromatic rings. The van der Waals surface area contributed by atoms with Gasteiger partial charge in [0.2, 0.25) is 0 Å². The van der Waals surface area contributed by atoms with E-state index in [-0.39, 0.29) is 17.8 Å². The maximum Gasteiger partial charge on any atom is 0.295 e. The van der Waals surface area contributed by atoms with Crippen LogP contribution in [-0.2, 0) is 4.79 Å². The van der Waals surface area contributed by atoms with Crippen molar-refractivity contribution in [1.29, 1.82) is 0 Å². The first kappa shape index (κ1) is 19.1. The van der Waals surface area contributed by atoms with E-state index in [0.29, 0.717) is 21.4 Å². The molecule has 0 atom stereocenters. The average molecular weight is 405 g/mol. The van der Waals surface area contributed by atoms with Gasteiger partial charge in [-0.25, -0.2) is 0 Å². The highest BCUT2D eigenvalue weighted by atomic mass is 35.5. The molecule has 27 heavy (non-hydrogen) atoms. The quantitative estimate of drug-likeness (QED) is 0.717. The van der Waals surface area contributed by atoms with Crippen molar-refractivity contribution < 1.29 is 19.1 Å². The van der Waals surface area contributed by atoms with E-state index in [1.54, 1.807) is 49.6 Å². The average Bonchev–Trinajstić information content (AvgIpc) is 2.93. The van der Waals surface area contributed by atoms with E-state index < -0.39 is 0 Å². The molecule has 1 N–H and O–H groups in total. The van der Waals surface area contributed by atoms with E-state index in [4.69, 9.17) is 21.1 Å². The van der Waals surface area contributed by atoms with E-state index in [2.05, 4.69) is 5.32 Å². The third-order valence-corrected chi connectivity index (χ3v) is 4.99. The number of carbonyl (C=O) groups excluding carboxylic acids is 2. The molecule has 1 fully saturated rings. The number of hydrogen-bond donors (Lipinski definition) is 1. The van der Waals surface area contributed by atoms with Crippen molar-refractivity contribution in [3.05, 3.63) is 58.0 Å². The Morgan fingerprint density at radius 1 is 1.11 bits per heavy atom. The highest BCUT2D eigenvalue weighted by molar-refractivity contribution is 8.18. The molecular weight excluding hydrogens is 388 g/mol. The van der Waals surface area contributed by atoms with Gasteiger partial charge in [-0.15, -0.1) is 0 Å². The Balaban J connectivity index is 1.74. The number of carbonyl (C=O) groups is 2. The van der Waals surface area contributed by atoms with Gasteiger partial charge in [-0.1, -0.05) is 23.7 Å². The Hall–Kier alpha value is -2.64. The summed E-state index contributed by atoms with van der Waals surface area (Å²) in [7, 11) is 3.09. The summed E-state index contributed by atoms with van der Waals surface area (Å²) in [6.45, 7) is 0.0638. The van der Waals surface area contributed by atoms with Gasteiger partial charge in [-0.2, -0.15) is 0 Å². The summed E-state index contributed by atoms with van der Waals surface area (Å²) in [6, 6.07) is 12.4. The van der Waals surface area contributed by atoms with Gasteiger partial charge >= 0.3 is 0 Å². The van der Waals surface area contributed by atoms with Crippen molar-refractivity contribution >= 4 is 46.3 Å². The summed E-state index contributed by atoms with van der Waals surface area (Å²) in [5, 5.41) is 3.27. The predicted molar refractivity (Wildman–Crippen MR) is 107 cm³/mol. The first-order valence-electron chi connectivity index (χ1n) is 7.98. The molecule has 6 nitrogen and oxygen atoms in total. The molecule has 0 bridgehead atoms. The minimum atomic E-state index is -0.352. The molecular formula is C19H17ClN2O4S. The zero-order chi connectivity index (χ0) is 19.4. The third kappa shape index (κ3) is 4.37. The van der Waals surface area contributed by atoms with Crippen molar-refractivity contribution in [2.45, 2.75) is 0 Å². The molecule has 2 aromatic carbocycles. The normalized spacial score (nSPS) is 15.4. The Morgan fingerprint density at radius 3 is 2.59 bits per heavy atom. The zero-order valence-electron chi connectivity index (χ0n) is 14.7. The summed E-state index contributed by atoms with van der Waals surface area (Å²) in [5.41, 5.74) is 1.46. The number of nitrogens with zero attached hydrogens (tertiary/aromatic N) is 1. The monoisotopic (exact) mass is 404 g/mol. The van der Waals surface area contributed by atoms with Crippen molar-refractivity contribution in [2.75, 3.05) is 26.2 Å². The van der Waals surface area contributed by atoms with Crippen LogP contribution in [0.4, 0.5) is 10.5 Å². The Labute approximate surface area is 166 Å². The number of ether oxygens (including phenoxy) is 2. The molecule has 0 unspecified atom stereocenters. The smallest absolute Gasteiger partial charge is 0.295 e. The molecule has 8 heteroatoms. The van der Waals surface area contributed by atoms with Crippen molar-refractivity contribution in [2.24, 2.45) is 0 Å². The fraction of sp³-hybridized carbons (Fsp3) is 0.158. The second-order valence-corrected chi connectivity index (χ2v) is 7.00. The Bertz CT molecular complexity index is 916. The second kappa shape index (κ2) is 8.37. The first-order valence-corrected chi connectivity index (χ1v) is 9.18.